The minimum Gasteiger partial charge on any atom is -0.353 e. The Morgan fingerprint density at radius 3 is 2.58 bits per heavy atom. The predicted molar refractivity (Wildman–Crippen MR) is 152 cm³/mol. The Kier molecular flexibility index (Phi) is 8.28. The van der Waals surface area contributed by atoms with Crippen molar-refractivity contribution in [3.05, 3.63) is 76.7 Å². The third kappa shape index (κ3) is 6.10. The summed E-state index contributed by atoms with van der Waals surface area (Å²) in [7, 11) is 3.88. The number of aryl methyl sites for hydroxylation is 1. The molecule has 0 fully saturated rings. The Hall–Kier alpha value is -3.17. The molecule has 0 saturated heterocycles. The molecule has 2 aromatic carbocycles. The Labute approximate surface area is 228 Å². The van der Waals surface area contributed by atoms with Gasteiger partial charge >= 0.3 is 0 Å². The molecule has 2 heterocycles. The number of amides is 2. The highest BCUT2D eigenvalue weighted by Gasteiger charge is 2.40. The summed E-state index contributed by atoms with van der Waals surface area (Å²) in [6.45, 7) is 9.28. The molecule has 202 valence electrons. The minimum atomic E-state index is -0.377. The van der Waals surface area contributed by atoms with Gasteiger partial charge in [-0.15, -0.1) is 11.8 Å². The van der Waals surface area contributed by atoms with Crippen LogP contribution >= 0.6 is 11.8 Å². The number of carbonyl (C=O) groups excluding carboxylic acids is 2. The first-order valence-corrected chi connectivity index (χ1v) is 13.8. The molecular weight excluding hydrogens is 501 g/mol. The number of nitrogens with zero attached hydrogens (tertiary/aromatic N) is 4. The maximum Gasteiger partial charge on any atom is 0.240 e. The topological polar surface area (TPSA) is 70.5 Å². The quantitative estimate of drug-likeness (QED) is 0.482. The number of benzene rings is 2. The molecule has 2 amide bonds. The molecule has 0 spiro atoms. The van der Waals surface area contributed by atoms with Gasteiger partial charge in [-0.1, -0.05) is 45.0 Å². The molecule has 0 radical (unpaired) electrons. The van der Waals surface area contributed by atoms with Crippen molar-refractivity contribution in [1.82, 2.24) is 20.0 Å². The van der Waals surface area contributed by atoms with Gasteiger partial charge < -0.3 is 10.2 Å². The lowest BCUT2D eigenvalue weighted by Crippen LogP contribution is -2.43. The lowest BCUT2D eigenvalue weighted by atomic mass is 9.87. The van der Waals surface area contributed by atoms with E-state index >= 15 is 0 Å². The Balaban J connectivity index is 1.93. The largest absolute Gasteiger partial charge is 0.353 e. The molecule has 0 aliphatic carbocycles. The van der Waals surface area contributed by atoms with Gasteiger partial charge in [-0.25, -0.2) is 9.07 Å². The molecule has 3 aromatic rings. The van der Waals surface area contributed by atoms with Crippen LogP contribution in [0.1, 0.15) is 48.4 Å². The number of nitrogens with one attached hydrogen (secondary N) is 1. The van der Waals surface area contributed by atoms with Gasteiger partial charge in [0.1, 0.15) is 18.2 Å². The van der Waals surface area contributed by atoms with Crippen molar-refractivity contribution in [3.8, 4) is 5.69 Å². The summed E-state index contributed by atoms with van der Waals surface area (Å²) in [6.07, 6.45) is 0. The Bertz CT molecular complexity index is 1330. The highest BCUT2D eigenvalue weighted by Crippen LogP contribution is 2.48. The van der Waals surface area contributed by atoms with Crippen LogP contribution < -0.4 is 10.2 Å². The molecule has 0 saturated carbocycles. The average Bonchev–Trinajstić information content (AvgIpc) is 3.17. The van der Waals surface area contributed by atoms with E-state index < -0.39 is 0 Å². The van der Waals surface area contributed by atoms with E-state index in [-0.39, 0.29) is 40.6 Å². The lowest BCUT2D eigenvalue weighted by molar-refractivity contribution is -0.122. The van der Waals surface area contributed by atoms with Crippen molar-refractivity contribution < 1.29 is 14.0 Å². The van der Waals surface area contributed by atoms with Gasteiger partial charge in [-0.3, -0.25) is 14.5 Å². The van der Waals surface area contributed by atoms with Crippen molar-refractivity contribution in [2.45, 2.75) is 38.4 Å². The fourth-order valence-electron chi connectivity index (χ4n) is 4.56. The monoisotopic (exact) mass is 537 g/mol. The highest BCUT2D eigenvalue weighted by molar-refractivity contribution is 8.00. The first-order chi connectivity index (χ1) is 18.0. The van der Waals surface area contributed by atoms with Crippen molar-refractivity contribution >= 4 is 29.4 Å². The first kappa shape index (κ1) is 27.9. The Morgan fingerprint density at radius 2 is 1.92 bits per heavy atom. The summed E-state index contributed by atoms with van der Waals surface area (Å²) in [5.41, 5.74) is 3.87. The number of halogens is 1. The number of aromatic nitrogens is 2. The van der Waals surface area contributed by atoms with E-state index in [4.69, 9.17) is 5.10 Å². The Morgan fingerprint density at radius 1 is 1.18 bits per heavy atom. The fraction of sp³-hybridized carbons (Fsp3) is 0.414. The van der Waals surface area contributed by atoms with Crippen LogP contribution in [0.5, 0.6) is 0 Å². The third-order valence-electron chi connectivity index (χ3n) is 6.38. The van der Waals surface area contributed by atoms with Gasteiger partial charge in [-0.2, -0.15) is 5.10 Å². The maximum atomic E-state index is 14.4. The molecule has 0 bridgehead atoms. The number of hydrogen-bond donors (Lipinski definition) is 1. The number of anilines is 1. The smallest absolute Gasteiger partial charge is 0.240 e. The van der Waals surface area contributed by atoms with Crippen molar-refractivity contribution in [1.29, 1.82) is 0 Å². The van der Waals surface area contributed by atoms with Gasteiger partial charge in [0.25, 0.3) is 0 Å². The SMILES string of the molecule is Cc1cccc(-n2nc(C(C)(C)C)c3c2N(CC(=O)NCCN(C)C)C(=O)CSC3c2cccc(F)c2)c1. The number of thioether (sulfide) groups is 1. The van der Waals surface area contributed by atoms with Crippen LogP contribution in [0.25, 0.3) is 5.69 Å². The molecule has 38 heavy (non-hydrogen) atoms. The normalized spacial score (nSPS) is 15.9. The van der Waals surface area contributed by atoms with Crippen LogP contribution in [0.2, 0.25) is 0 Å². The van der Waals surface area contributed by atoms with Crippen molar-refractivity contribution in [2.75, 3.05) is 44.4 Å². The van der Waals surface area contributed by atoms with Crippen LogP contribution in [0.15, 0.2) is 48.5 Å². The maximum absolute atomic E-state index is 14.4. The molecule has 7 nitrogen and oxygen atoms in total. The zero-order chi connectivity index (χ0) is 27.6. The van der Waals surface area contributed by atoms with E-state index in [0.717, 1.165) is 28.1 Å². The number of carbonyl (C=O) groups is 2. The van der Waals surface area contributed by atoms with Crippen LogP contribution in [0, 0.1) is 12.7 Å². The molecule has 1 N–H and O–H groups in total. The molecular formula is C29H36FN5O2S. The molecule has 9 heteroatoms. The number of fused-ring (bicyclic) bond motifs is 1. The average molecular weight is 538 g/mol. The van der Waals surface area contributed by atoms with E-state index in [1.54, 1.807) is 15.6 Å². The second-order valence-electron chi connectivity index (χ2n) is 11.0. The van der Waals surface area contributed by atoms with Gasteiger partial charge in [0.2, 0.25) is 11.8 Å². The van der Waals surface area contributed by atoms with Gasteiger partial charge in [0.15, 0.2) is 0 Å². The molecule has 1 atom stereocenters. The third-order valence-corrected chi connectivity index (χ3v) is 7.63. The standard InChI is InChI=1S/C29H36FN5O2S/c1-19-9-7-12-22(15-19)35-28-25(27(32-35)29(2,3)4)26(20-10-8-11-21(30)16-20)38-18-24(37)34(28)17-23(36)31-13-14-33(5)6/h7-12,15-16,26H,13-14,17-18H2,1-6H3,(H,31,36). The summed E-state index contributed by atoms with van der Waals surface area (Å²) in [6, 6.07) is 14.4. The van der Waals surface area contributed by atoms with Gasteiger partial charge in [-0.05, 0) is 56.4 Å². The van der Waals surface area contributed by atoms with Crippen molar-refractivity contribution in [2.24, 2.45) is 0 Å². The first-order valence-electron chi connectivity index (χ1n) is 12.7. The zero-order valence-electron chi connectivity index (χ0n) is 22.9. The minimum absolute atomic E-state index is 0.128. The molecule has 1 aliphatic rings. The number of likely N-dealkylation sites (N-methyl/N-ethyl adjacent to an activating group) is 1. The summed E-state index contributed by atoms with van der Waals surface area (Å²) < 4.78 is 16.2. The van der Waals surface area contributed by atoms with E-state index in [9.17, 15) is 14.0 Å². The fourth-order valence-corrected chi connectivity index (χ4v) is 5.75. The number of hydrogen-bond acceptors (Lipinski definition) is 5. The van der Waals surface area contributed by atoms with Crippen molar-refractivity contribution in [3.63, 3.8) is 0 Å². The van der Waals surface area contributed by atoms with E-state index in [1.807, 2.05) is 56.3 Å². The predicted octanol–water partition coefficient (Wildman–Crippen LogP) is 4.46. The molecule has 1 aliphatic heterocycles. The van der Waals surface area contributed by atoms with Crippen LogP contribution in [0.4, 0.5) is 10.2 Å². The van der Waals surface area contributed by atoms with E-state index in [1.165, 1.54) is 23.9 Å². The second kappa shape index (κ2) is 11.3. The van der Waals surface area contributed by atoms with E-state index in [0.29, 0.717) is 18.9 Å². The van der Waals surface area contributed by atoms with Crippen LogP contribution in [0.3, 0.4) is 0 Å². The van der Waals surface area contributed by atoms with Gasteiger partial charge in [0, 0.05) is 24.1 Å². The zero-order valence-corrected chi connectivity index (χ0v) is 23.7. The summed E-state index contributed by atoms with van der Waals surface area (Å²) in [5.74, 6) is -0.0479. The highest BCUT2D eigenvalue weighted by atomic mass is 32.2. The summed E-state index contributed by atoms with van der Waals surface area (Å²) in [5, 5.41) is 7.66. The lowest BCUT2D eigenvalue weighted by Gasteiger charge is -2.24. The van der Waals surface area contributed by atoms with E-state index in [2.05, 4.69) is 26.1 Å². The summed E-state index contributed by atoms with van der Waals surface area (Å²) >= 11 is 1.44. The van der Waals surface area contributed by atoms with Crippen LogP contribution in [-0.2, 0) is 15.0 Å². The molecule has 1 aromatic heterocycles. The molecule has 4 rings (SSSR count). The van der Waals surface area contributed by atoms with Gasteiger partial charge in [0.05, 0.1) is 22.4 Å². The summed E-state index contributed by atoms with van der Waals surface area (Å²) in [4.78, 5) is 30.2. The second-order valence-corrected chi connectivity index (χ2v) is 12.1. The number of rotatable bonds is 7. The molecule has 1 unspecified atom stereocenters. The van der Waals surface area contributed by atoms with Crippen LogP contribution in [-0.4, -0.2) is 66.0 Å².